The van der Waals surface area contributed by atoms with E-state index in [0.717, 1.165) is 6.42 Å². The fourth-order valence-corrected chi connectivity index (χ4v) is 1.92. The van der Waals surface area contributed by atoms with E-state index in [1.165, 1.54) is 17.7 Å². The molecule has 0 aliphatic carbocycles. The Labute approximate surface area is 123 Å². The molecule has 2 aromatic rings. The fourth-order valence-electron chi connectivity index (χ4n) is 1.92. The van der Waals surface area contributed by atoms with Gasteiger partial charge in [0, 0.05) is 5.69 Å². The van der Waals surface area contributed by atoms with Crippen molar-refractivity contribution in [3.63, 3.8) is 0 Å². The van der Waals surface area contributed by atoms with Crippen LogP contribution in [0.2, 0.25) is 0 Å². The topological polar surface area (TPSA) is 38.3 Å². The Balaban J connectivity index is 1.89. The van der Waals surface area contributed by atoms with Gasteiger partial charge in [0.15, 0.2) is 6.61 Å². The van der Waals surface area contributed by atoms with Crippen molar-refractivity contribution in [1.29, 1.82) is 0 Å². The summed E-state index contributed by atoms with van der Waals surface area (Å²) in [6.07, 6.45) is 0.963. The second-order valence-corrected chi connectivity index (χ2v) is 4.79. The van der Waals surface area contributed by atoms with Gasteiger partial charge >= 0.3 is 0 Å². The molecule has 0 spiro atoms. The van der Waals surface area contributed by atoms with Gasteiger partial charge in [-0.15, -0.1) is 0 Å². The minimum absolute atomic E-state index is 0.0811. The lowest BCUT2D eigenvalue weighted by Gasteiger charge is -2.10. The SMILES string of the molecule is CCc1ccc(OCC(=O)Nc2ccc(F)cc2C)cc1. The summed E-state index contributed by atoms with van der Waals surface area (Å²) in [6.45, 7) is 3.74. The smallest absolute Gasteiger partial charge is 0.262 e. The molecule has 0 unspecified atom stereocenters. The number of carbonyl (C=O) groups is 1. The highest BCUT2D eigenvalue weighted by atomic mass is 19.1. The molecule has 1 N–H and O–H groups in total. The van der Waals surface area contributed by atoms with Crippen LogP contribution in [0.15, 0.2) is 42.5 Å². The van der Waals surface area contributed by atoms with Gasteiger partial charge < -0.3 is 10.1 Å². The van der Waals surface area contributed by atoms with Crippen molar-refractivity contribution in [3.05, 3.63) is 59.4 Å². The van der Waals surface area contributed by atoms with Crippen LogP contribution in [-0.4, -0.2) is 12.5 Å². The zero-order valence-corrected chi connectivity index (χ0v) is 12.2. The van der Waals surface area contributed by atoms with Gasteiger partial charge in [-0.05, 0) is 54.8 Å². The molecule has 0 radical (unpaired) electrons. The lowest BCUT2D eigenvalue weighted by molar-refractivity contribution is -0.118. The van der Waals surface area contributed by atoms with Gasteiger partial charge in [0.1, 0.15) is 11.6 Å². The lowest BCUT2D eigenvalue weighted by atomic mass is 10.2. The Morgan fingerprint density at radius 2 is 1.90 bits per heavy atom. The number of nitrogens with one attached hydrogen (secondary N) is 1. The Bertz CT molecular complexity index is 623. The number of benzene rings is 2. The molecule has 0 saturated carbocycles. The van der Waals surface area contributed by atoms with E-state index in [9.17, 15) is 9.18 Å². The van der Waals surface area contributed by atoms with Crippen LogP contribution in [0.4, 0.5) is 10.1 Å². The molecule has 1 amide bonds. The minimum atomic E-state index is -0.322. The molecule has 0 fully saturated rings. The van der Waals surface area contributed by atoms with Gasteiger partial charge in [-0.3, -0.25) is 4.79 Å². The average molecular weight is 287 g/mol. The molecular formula is C17H18FNO2. The van der Waals surface area contributed by atoms with Crippen molar-refractivity contribution >= 4 is 11.6 Å². The lowest BCUT2D eigenvalue weighted by Crippen LogP contribution is -2.20. The van der Waals surface area contributed by atoms with E-state index in [1.54, 1.807) is 13.0 Å². The molecule has 0 atom stereocenters. The van der Waals surface area contributed by atoms with Gasteiger partial charge in [0.05, 0.1) is 0 Å². The zero-order valence-electron chi connectivity index (χ0n) is 12.2. The Morgan fingerprint density at radius 1 is 1.19 bits per heavy atom. The predicted octanol–water partition coefficient (Wildman–Crippen LogP) is 3.71. The molecule has 0 saturated heterocycles. The second kappa shape index (κ2) is 6.88. The highest BCUT2D eigenvalue weighted by molar-refractivity contribution is 5.92. The van der Waals surface area contributed by atoms with Crippen molar-refractivity contribution in [2.45, 2.75) is 20.3 Å². The quantitative estimate of drug-likeness (QED) is 0.910. The first-order chi connectivity index (χ1) is 10.1. The van der Waals surface area contributed by atoms with Crippen LogP contribution in [0.25, 0.3) is 0 Å². The number of hydrogen-bond donors (Lipinski definition) is 1. The first-order valence-corrected chi connectivity index (χ1v) is 6.86. The average Bonchev–Trinajstić information content (AvgIpc) is 2.48. The van der Waals surface area contributed by atoms with Gasteiger partial charge in [0.2, 0.25) is 0 Å². The number of carbonyl (C=O) groups excluding carboxylic acids is 1. The third kappa shape index (κ3) is 4.31. The summed E-state index contributed by atoms with van der Waals surface area (Å²) in [6, 6.07) is 11.9. The number of anilines is 1. The molecule has 2 aromatic carbocycles. The number of halogens is 1. The van der Waals surface area contributed by atoms with Crippen molar-refractivity contribution < 1.29 is 13.9 Å². The maximum Gasteiger partial charge on any atom is 0.262 e. The van der Waals surface area contributed by atoms with Crippen molar-refractivity contribution in [2.75, 3.05) is 11.9 Å². The summed E-state index contributed by atoms with van der Waals surface area (Å²) in [5.41, 5.74) is 2.48. The van der Waals surface area contributed by atoms with Crippen LogP contribution in [0.3, 0.4) is 0 Å². The van der Waals surface area contributed by atoms with E-state index in [2.05, 4.69) is 12.2 Å². The van der Waals surface area contributed by atoms with Gasteiger partial charge in [0.25, 0.3) is 5.91 Å². The summed E-state index contributed by atoms with van der Waals surface area (Å²) in [5.74, 6) is 0.0558. The summed E-state index contributed by atoms with van der Waals surface area (Å²) >= 11 is 0. The number of hydrogen-bond acceptors (Lipinski definition) is 2. The summed E-state index contributed by atoms with van der Waals surface area (Å²) in [5, 5.41) is 2.70. The third-order valence-electron chi connectivity index (χ3n) is 3.16. The van der Waals surface area contributed by atoms with Gasteiger partial charge in [-0.2, -0.15) is 0 Å². The van der Waals surface area contributed by atoms with E-state index in [4.69, 9.17) is 4.74 Å². The highest BCUT2D eigenvalue weighted by Gasteiger charge is 2.06. The molecular weight excluding hydrogens is 269 g/mol. The molecule has 21 heavy (non-hydrogen) atoms. The van der Waals surface area contributed by atoms with Crippen LogP contribution < -0.4 is 10.1 Å². The van der Waals surface area contributed by atoms with Crippen LogP contribution in [0.1, 0.15) is 18.1 Å². The molecule has 4 heteroatoms. The Morgan fingerprint density at radius 3 is 2.52 bits per heavy atom. The summed E-state index contributed by atoms with van der Waals surface area (Å²) in [7, 11) is 0. The molecule has 0 aromatic heterocycles. The first-order valence-electron chi connectivity index (χ1n) is 6.86. The van der Waals surface area contributed by atoms with Gasteiger partial charge in [-0.25, -0.2) is 4.39 Å². The van der Waals surface area contributed by atoms with Crippen molar-refractivity contribution in [1.82, 2.24) is 0 Å². The largest absolute Gasteiger partial charge is 0.484 e. The number of rotatable bonds is 5. The van der Waals surface area contributed by atoms with Crippen LogP contribution in [-0.2, 0) is 11.2 Å². The molecule has 110 valence electrons. The van der Waals surface area contributed by atoms with Gasteiger partial charge in [-0.1, -0.05) is 19.1 Å². The number of amides is 1. The summed E-state index contributed by atoms with van der Waals surface area (Å²) in [4.78, 5) is 11.8. The molecule has 0 bridgehead atoms. The Hall–Kier alpha value is -2.36. The maximum atomic E-state index is 13.0. The molecule has 3 nitrogen and oxygen atoms in total. The number of ether oxygens (including phenoxy) is 1. The van der Waals surface area contributed by atoms with Crippen molar-refractivity contribution in [2.24, 2.45) is 0 Å². The fraction of sp³-hybridized carbons (Fsp3) is 0.235. The second-order valence-electron chi connectivity index (χ2n) is 4.79. The molecule has 0 aliphatic rings. The standard InChI is InChI=1S/C17H18FNO2/c1-3-13-4-7-15(8-5-13)21-11-17(20)19-16-9-6-14(18)10-12(16)2/h4-10H,3,11H2,1-2H3,(H,19,20). The maximum absolute atomic E-state index is 13.0. The molecule has 0 heterocycles. The normalized spacial score (nSPS) is 10.2. The van der Waals surface area contributed by atoms with Crippen LogP contribution >= 0.6 is 0 Å². The van der Waals surface area contributed by atoms with E-state index < -0.39 is 0 Å². The molecule has 2 rings (SSSR count). The van der Waals surface area contributed by atoms with Crippen LogP contribution in [0, 0.1) is 12.7 Å². The molecule has 0 aliphatic heterocycles. The highest BCUT2D eigenvalue weighted by Crippen LogP contribution is 2.16. The monoisotopic (exact) mass is 287 g/mol. The van der Waals surface area contributed by atoms with E-state index in [1.807, 2.05) is 24.3 Å². The Kier molecular flexibility index (Phi) is 4.93. The van der Waals surface area contributed by atoms with Crippen LogP contribution in [0.5, 0.6) is 5.75 Å². The third-order valence-corrected chi connectivity index (χ3v) is 3.16. The van der Waals surface area contributed by atoms with E-state index in [-0.39, 0.29) is 18.3 Å². The zero-order chi connectivity index (χ0) is 15.2. The minimum Gasteiger partial charge on any atom is -0.484 e. The number of aryl methyl sites for hydroxylation is 2. The van der Waals surface area contributed by atoms with E-state index in [0.29, 0.717) is 17.0 Å². The first kappa shape index (κ1) is 15.0. The van der Waals surface area contributed by atoms with Crippen molar-refractivity contribution in [3.8, 4) is 5.75 Å². The van der Waals surface area contributed by atoms with E-state index >= 15 is 0 Å². The predicted molar refractivity (Wildman–Crippen MR) is 81.1 cm³/mol. The summed E-state index contributed by atoms with van der Waals surface area (Å²) < 4.78 is 18.4.